The summed E-state index contributed by atoms with van der Waals surface area (Å²) in [6.07, 6.45) is 10.2. The molecule has 0 heterocycles. The van der Waals surface area contributed by atoms with Gasteiger partial charge in [0.05, 0.1) is 12.7 Å². The van der Waals surface area contributed by atoms with E-state index in [0.29, 0.717) is 5.56 Å². The molecule has 2 nitrogen and oxygen atoms in total. The van der Waals surface area contributed by atoms with Crippen LogP contribution in [0.4, 0.5) is 0 Å². The molecule has 0 fully saturated rings. The Hall–Kier alpha value is -1.83. The third kappa shape index (κ3) is 7.50. The zero-order valence-corrected chi connectivity index (χ0v) is 13.8. The minimum Gasteiger partial charge on any atom is -0.465 e. The second-order valence-corrected chi connectivity index (χ2v) is 4.43. The molecular formula is C19H28O2. The molecule has 21 heavy (non-hydrogen) atoms. The van der Waals surface area contributed by atoms with E-state index in [4.69, 9.17) is 4.74 Å². The summed E-state index contributed by atoms with van der Waals surface area (Å²) in [5.41, 5.74) is 2.82. The maximum absolute atomic E-state index is 11.6. The van der Waals surface area contributed by atoms with Gasteiger partial charge in [0.25, 0.3) is 0 Å². The van der Waals surface area contributed by atoms with Crippen molar-refractivity contribution < 1.29 is 9.53 Å². The van der Waals surface area contributed by atoms with Crippen molar-refractivity contribution in [2.75, 3.05) is 7.11 Å². The number of hydrogen-bond donors (Lipinski definition) is 0. The van der Waals surface area contributed by atoms with Crippen molar-refractivity contribution in [3.8, 4) is 0 Å². The molecule has 1 aromatic rings. The molecule has 0 amide bonds. The molecule has 1 rings (SSSR count). The van der Waals surface area contributed by atoms with Crippen molar-refractivity contribution in [1.29, 1.82) is 0 Å². The Kier molecular flexibility index (Phi) is 10.9. The van der Waals surface area contributed by atoms with Crippen LogP contribution < -0.4 is 0 Å². The monoisotopic (exact) mass is 288 g/mol. The first-order valence-electron chi connectivity index (χ1n) is 7.71. The number of hydrogen-bond acceptors (Lipinski definition) is 2. The topological polar surface area (TPSA) is 26.3 Å². The molecule has 0 unspecified atom stereocenters. The Balaban J connectivity index is 0.00000191. The standard InChI is InChI=1S/C17H22O2.C2H6/c1-4-6-7-8-9-10-15-11-14(5-2)12-16(13-15)17(18)19-3;1-2/h4,9-13H,1,5-8H2,2-3H3;1-2H3/b10-9-;. The molecular weight excluding hydrogens is 260 g/mol. The maximum atomic E-state index is 11.6. The lowest BCUT2D eigenvalue weighted by Gasteiger charge is -2.05. The van der Waals surface area contributed by atoms with E-state index < -0.39 is 0 Å². The molecule has 2 heteroatoms. The highest BCUT2D eigenvalue weighted by molar-refractivity contribution is 5.90. The van der Waals surface area contributed by atoms with E-state index >= 15 is 0 Å². The normalized spacial score (nSPS) is 9.90. The SMILES string of the molecule is C=CCCC/C=C\c1cc(CC)cc(C(=O)OC)c1.CC. The van der Waals surface area contributed by atoms with Gasteiger partial charge < -0.3 is 4.74 Å². The van der Waals surface area contributed by atoms with Crippen LogP contribution in [-0.4, -0.2) is 13.1 Å². The van der Waals surface area contributed by atoms with Gasteiger partial charge in [0, 0.05) is 0 Å². The molecule has 0 aliphatic heterocycles. The molecule has 0 saturated carbocycles. The Bertz CT molecular complexity index is 459. The largest absolute Gasteiger partial charge is 0.465 e. The number of carbonyl (C=O) groups excluding carboxylic acids is 1. The van der Waals surface area contributed by atoms with Gasteiger partial charge in [-0.2, -0.15) is 0 Å². The average Bonchev–Trinajstić information content (AvgIpc) is 2.55. The number of aryl methyl sites for hydroxylation is 1. The van der Waals surface area contributed by atoms with Gasteiger partial charge in [0.1, 0.15) is 0 Å². The van der Waals surface area contributed by atoms with Crippen LogP contribution >= 0.6 is 0 Å². The van der Waals surface area contributed by atoms with Gasteiger partial charge in [0.15, 0.2) is 0 Å². The lowest BCUT2D eigenvalue weighted by molar-refractivity contribution is 0.0600. The average molecular weight is 288 g/mol. The minimum absolute atomic E-state index is 0.281. The number of benzene rings is 1. The van der Waals surface area contributed by atoms with E-state index in [1.54, 1.807) is 0 Å². The van der Waals surface area contributed by atoms with Crippen molar-refractivity contribution in [3.05, 3.63) is 53.6 Å². The Morgan fingerprint density at radius 2 is 1.95 bits per heavy atom. The molecule has 1 aromatic carbocycles. The van der Waals surface area contributed by atoms with Crippen molar-refractivity contribution in [2.45, 2.75) is 46.5 Å². The highest BCUT2D eigenvalue weighted by atomic mass is 16.5. The number of rotatable bonds is 7. The number of allylic oxidation sites excluding steroid dienone is 2. The van der Waals surface area contributed by atoms with E-state index in [2.05, 4.69) is 31.7 Å². The van der Waals surface area contributed by atoms with Crippen LogP contribution in [-0.2, 0) is 11.2 Å². The first-order valence-corrected chi connectivity index (χ1v) is 7.71. The van der Waals surface area contributed by atoms with Crippen LogP contribution in [0.3, 0.4) is 0 Å². The number of unbranched alkanes of at least 4 members (excludes halogenated alkanes) is 2. The van der Waals surface area contributed by atoms with E-state index in [9.17, 15) is 4.79 Å². The lowest BCUT2D eigenvalue weighted by atomic mass is 10.0. The van der Waals surface area contributed by atoms with E-state index in [-0.39, 0.29) is 5.97 Å². The van der Waals surface area contributed by atoms with Gasteiger partial charge in [-0.1, -0.05) is 45.1 Å². The Morgan fingerprint density at radius 3 is 2.52 bits per heavy atom. The molecule has 0 aliphatic carbocycles. The smallest absolute Gasteiger partial charge is 0.337 e. The maximum Gasteiger partial charge on any atom is 0.337 e. The van der Waals surface area contributed by atoms with Gasteiger partial charge in [-0.3, -0.25) is 0 Å². The fourth-order valence-electron chi connectivity index (χ4n) is 1.85. The molecule has 0 spiro atoms. The van der Waals surface area contributed by atoms with E-state index in [1.807, 2.05) is 32.1 Å². The zero-order valence-electron chi connectivity index (χ0n) is 13.8. The fraction of sp³-hybridized carbons (Fsp3) is 0.421. The molecule has 0 aromatic heterocycles. The Labute approximate surface area is 129 Å². The van der Waals surface area contributed by atoms with Gasteiger partial charge in [-0.15, -0.1) is 6.58 Å². The summed E-state index contributed by atoms with van der Waals surface area (Å²) in [5.74, 6) is -0.281. The first kappa shape index (κ1) is 19.2. The van der Waals surface area contributed by atoms with Crippen LogP contribution in [0.1, 0.15) is 61.5 Å². The number of methoxy groups -OCH3 is 1. The number of carbonyl (C=O) groups is 1. The molecule has 0 aliphatic rings. The van der Waals surface area contributed by atoms with Crippen LogP contribution in [0, 0.1) is 0 Å². The molecule has 116 valence electrons. The summed E-state index contributed by atoms with van der Waals surface area (Å²) in [6, 6.07) is 5.87. The van der Waals surface area contributed by atoms with Gasteiger partial charge >= 0.3 is 5.97 Å². The van der Waals surface area contributed by atoms with Crippen LogP contribution in [0.5, 0.6) is 0 Å². The zero-order chi connectivity index (χ0) is 16.1. The molecule has 0 saturated heterocycles. The lowest BCUT2D eigenvalue weighted by Crippen LogP contribution is -2.02. The summed E-state index contributed by atoms with van der Waals surface area (Å²) < 4.78 is 4.77. The predicted molar refractivity (Wildman–Crippen MR) is 91.6 cm³/mol. The molecule has 0 radical (unpaired) electrons. The van der Waals surface area contributed by atoms with E-state index in [0.717, 1.165) is 36.8 Å². The highest BCUT2D eigenvalue weighted by Crippen LogP contribution is 2.14. The fourth-order valence-corrected chi connectivity index (χ4v) is 1.85. The predicted octanol–water partition coefficient (Wildman–Crippen LogP) is 5.43. The van der Waals surface area contributed by atoms with Crippen molar-refractivity contribution >= 4 is 12.0 Å². The second kappa shape index (κ2) is 12.0. The second-order valence-electron chi connectivity index (χ2n) is 4.43. The number of esters is 1. The summed E-state index contributed by atoms with van der Waals surface area (Å²) in [4.78, 5) is 11.6. The summed E-state index contributed by atoms with van der Waals surface area (Å²) >= 11 is 0. The molecule has 0 atom stereocenters. The molecule has 0 bridgehead atoms. The molecule has 0 N–H and O–H groups in total. The first-order chi connectivity index (χ1) is 10.2. The van der Waals surface area contributed by atoms with Gasteiger partial charge in [0.2, 0.25) is 0 Å². The quantitative estimate of drug-likeness (QED) is 0.380. The number of ether oxygens (including phenoxy) is 1. The van der Waals surface area contributed by atoms with E-state index in [1.165, 1.54) is 7.11 Å². The minimum atomic E-state index is -0.281. The van der Waals surface area contributed by atoms with Crippen molar-refractivity contribution in [1.82, 2.24) is 0 Å². The third-order valence-electron chi connectivity index (χ3n) is 2.93. The van der Waals surface area contributed by atoms with Gasteiger partial charge in [-0.25, -0.2) is 4.79 Å². The van der Waals surface area contributed by atoms with Crippen LogP contribution in [0.25, 0.3) is 6.08 Å². The highest BCUT2D eigenvalue weighted by Gasteiger charge is 2.07. The van der Waals surface area contributed by atoms with Crippen LogP contribution in [0.2, 0.25) is 0 Å². The summed E-state index contributed by atoms with van der Waals surface area (Å²) in [5, 5.41) is 0. The van der Waals surface area contributed by atoms with Crippen molar-refractivity contribution in [2.24, 2.45) is 0 Å². The van der Waals surface area contributed by atoms with Gasteiger partial charge in [-0.05, 0) is 48.9 Å². The Morgan fingerprint density at radius 1 is 1.24 bits per heavy atom. The van der Waals surface area contributed by atoms with Crippen molar-refractivity contribution in [3.63, 3.8) is 0 Å². The third-order valence-corrected chi connectivity index (χ3v) is 2.93. The van der Waals surface area contributed by atoms with Crippen LogP contribution in [0.15, 0.2) is 36.9 Å². The summed E-state index contributed by atoms with van der Waals surface area (Å²) in [6.45, 7) is 9.78. The summed E-state index contributed by atoms with van der Waals surface area (Å²) in [7, 11) is 1.41.